The molecule has 92 valence electrons. The maximum atomic E-state index is 13.0. The molecule has 4 N–H and O–H groups in total. The first-order valence-corrected chi connectivity index (χ1v) is 5.24. The number of hydrogen-bond donors (Lipinski definition) is 2. The second-order valence-corrected chi connectivity index (χ2v) is 3.89. The van der Waals surface area contributed by atoms with Crippen molar-refractivity contribution in [3.05, 3.63) is 40.8 Å². The van der Waals surface area contributed by atoms with E-state index in [1.54, 1.807) is 0 Å². The molecule has 2 aromatic rings. The number of halogens is 2. The normalized spacial score (nSPS) is 10.3. The number of nitrogen functional groups attached to an aromatic ring is 1. The molecule has 18 heavy (non-hydrogen) atoms. The predicted molar refractivity (Wildman–Crippen MR) is 65.4 cm³/mol. The van der Waals surface area contributed by atoms with Crippen LogP contribution < -0.4 is 11.5 Å². The molecule has 1 aromatic carbocycles. The molecule has 0 atom stereocenters. The van der Waals surface area contributed by atoms with Crippen molar-refractivity contribution in [2.75, 3.05) is 5.73 Å². The molecular formula is C11H8ClFN4O. The average molecular weight is 267 g/mol. The fourth-order valence-corrected chi connectivity index (χ4v) is 1.54. The number of nitrogens with two attached hydrogens (primary N) is 2. The first-order chi connectivity index (χ1) is 8.49. The molecule has 7 heteroatoms. The quantitative estimate of drug-likeness (QED) is 0.863. The molecule has 1 amide bonds. The van der Waals surface area contributed by atoms with Crippen molar-refractivity contribution in [1.82, 2.24) is 9.97 Å². The van der Waals surface area contributed by atoms with Crippen LogP contribution in [0.2, 0.25) is 5.02 Å². The number of amides is 1. The van der Waals surface area contributed by atoms with Gasteiger partial charge < -0.3 is 11.5 Å². The molecule has 0 aliphatic heterocycles. The minimum absolute atomic E-state index is 0.0342. The molecule has 0 saturated heterocycles. The molecule has 0 aliphatic rings. The van der Waals surface area contributed by atoms with Gasteiger partial charge in [0.25, 0.3) is 5.91 Å². The van der Waals surface area contributed by atoms with Gasteiger partial charge in [-0.3, -0.25) is 4.79 Å². The fourth-order valence-electron chi connectivity index (χ4n) is 1.36. The van der Waals surface area contributed by atoms with Gasteiger partial charge in [0.2, 0.25) is 0 Å². The highest BCUT2D eigenvalue weighted by Crippen LogP contribution is 2.23. The van der Waals surface area contributed by atoms with E-state index in [0.717, 1.165) is 0 Å². The van der Waals surface area contributed by atoms with Crippen LogP contribution in [0.1, 0.15) is 10.4 Å². The Hall–Kier alpha value is -2.21. The van der Waals surface area contributed by atoms with Crippen molar-refractivity contribution in [1.29, 1.82) is 0 Å². The van der Waals surface area contributed by atoms with Gasteiger partial charge in [-0.15, -0.1) is 0 Å². The molecule has 0 bridgehead atoms. The topological polar surface area (TPSA) is 94.9 Å². The van der Waals surface area contributed by atoms with Crippen LogP contribution in [0.4, 0.5) is 10.2 Å². The Labute approximate surface area is 107 Å². The summed E-state index contributed by atoms with van der Waals surface area (Å²) in [6, 6.07) is 4.02. The summed E-state index contributed by atoms with van der Waals surface area (Å²) >= 11 is 5.65. The van der Waals surface area contributed by atoms with Crippen molar-refractivity contribution in [2.45, 2.75) is 0 Å². The SMILES string of the molecule is NC(=O)c1cnc(-c2ccc(F)c(Cl)c2)nc1N. The van der Waals surface area contributed by atoms with Gasteiger partial charge >= 0.3 is 0 Å². The van der Waals surface area contributed by atoms with E-state index in [1.165, 1.54) is 24.4 Å². The number of hydrogen-bond acceptors (Lipinski definition) is 4. The Morgan fingerprint density at radius 2 is 2.11 bits per heavy atom. The highest BCUT2D eigenvalue weighted by molar-refractivity contribution is 6.31. The summed E-state index contributed by atoms with van der Waals surface area (Å²) in [7, 11) is 0. The molecule has 0 spiro atoms. The van der Waals surface area contributed by atoms with Crippen molar-refractivity contribution < 1.29 is 9.18 Å². The lowest BCUT2D eigenvalue weighted by molar-refractivity contribution is 0.100. The molecule has 0 saturated carbocycles. The van der Waals surface area contributed by atoms with E-state index in [9.17, 15) is 9.18 Å². The molecule has 1 heterocycles. The highest BCUT2D eigenvalue weighted by Gasteiger charge is 2.11. The Balaban J connectivity index is 2.48. The second kappa shape index (κ2) is 4.58. The summed E-state index contributed by atoms with van der Waals surface area (Å²) in [4.78, 5) is 18.8. The molecule has 5 nitrogen and oxygen atoms in total. The van der Waals surface area contributed by atoms with E-state index in [0.29, 0.717) is 5.56 Å². The number of primary amides is 1. The zero-order chi connectivity index (χ0) is 13.3. The fraction of sp³-hybridized carbons (Fsp3) is 0. The van der Waals surface area contributed by atoms with Crippen LogP contribution in [0.15, 0.2) is 24.4 Å². The smallest absolute Gasteiger partial charge is 0.254 e. The summed E-state index contributed by atoms with van der Waals surface area (Å²) in [5, 5.41) is -0.0475. The molecule has 0 unspecified atom stereocenters. The monoisotopic (exact) mass is 266 g/mol. The van der Waals surface area contributed by atoms with Crippen LogP contribution in [0.5, 0.6) is 0 Å². The lowest BCUT2D eigenvalue weighted by Crippen LogP contribution is -2.15. The van der Waals surface area contributed by atoms with Gasteiger partial charge in [-0.05, 0) is 18.2 Å². The first-order valence-electron chi connectivity index (χ1n) is 4.87. The van der Waals surface area contributed by atoms with Crippen LogP contribution in [0.3, 0.4) is 0 Å². The summed E-state index contributed by atoms with van der Waals surface area (Å²) < 4.78 is 13.0. The van der Waals surface area contributed by atoms with Crippen molar-refractivity contribution >= 4 is 23.3 Å². The summed E-state index contributed by atoms with van der Waals surface area (Å²) in [6.45, 7) is 0. The minimum atomic E-state index is -0.712. The van der Waals surface area contributed by atoms with Gasteiger partial charge in [-0.1, -0.05) is 11.6 Å². The Morgan fingerprint density at radius 3 is 2.67 bits per heavy atom. The van der Waals surface area contributed by atoms with Gasteiger partial charge in [0.15, 0.2) is 5.82 Å². The molecular weight excluding hydrogens is 259 g/mol. The third kappa shape index (κ3) is 2.23. The van der Waals surface area contributed by atoms with Crippen molar-refractivity contribution in [2.24, 2.45) is 5.73 Å². The maximum Gasteiger partial charge on any atom is 0.254 e. The van der Waals surface area contributed by atoms with E-state index in [4.69, 9.17) is 23.1 Å². The van der Waals surface area contributed by atoms with Gasteiger partial charge in [0.1, 0.15) is 11.6 Å². The second-order valence-electron chi connectivity index (χ2n) is 3.49. The summed E-state index contributed by atoms with van der Waals surface area (Å²) in [5.41, 5.74) is 11.2. The molecule has 0 radical (unpaired) electrons. The van der Waals surface area contributed by atoms with Gasteiger partial charge in [0.05, 0.1) is 10.6 Å². The van der Waals surface area contributed by atoms with Gasteiger partial charge in [0, 0.05) is 11.8 Å². The summed E-state index contributed by atoms with van der Waals surface area (Å²) in [6.07, 6.45) is 1.22. The van der Waals surface area contributed by atoms with Gasteiger partial charge in [-0.2, -0.15) is 0 Å². The van der Waals surface area contributed by atoms with Crippen LogP contribution in [-0.4, -0.2) is 15.9 Å². The number of rotatable bonds is 2. The van der Waals surface area contributed by atoms with E-state index in [-0.39, 0.29) is 22.2 Å². The largest absolute Gasteiger partial charge is 0.383 e. The van der Waals surface area contributed by atoms with Crippen molar-refractivity contribution in [3.8, 4) is 11.4 Å². The van der Waals surface area contributed by atoms with Crippen LogP contribution in [0, 0.1) is 5.82 Å². The van der Waals surface area contributed by atoms with Crippen LogP contribution in [0.25, 0.3) is 11.4 Å². The van der Waals surface area contributed by atoms with Crippen LogP contribution in [-0.2, 0) is 0 Å². The van der Waals surface area contributed by atoms with Gasteiger partial charge in [-0.25, -0.2) is 14.4 Å². The Morgan fingerprint density at radius 1 is 1.39 bits per heavy atom. The highest BCUT2D eigenvalue weighted by atomic mass is 35.5. The number of carbonyl (C=O) groups is 1. The Bertz CT molecular complexity index is 632. The molecule has 2 rings (SSSR count). The Kier molecular flexibility index (Phi) is 3.12. The van der Waals surface area contributed by atoms with E-state index in [2.05, 4.69) is 9.97 Å². The number of nitrogens with zero attached hydrogens (tertiary/aromatic N) is 2. The zero-order valence-electron chi connectivity index (χ0n) is 9.02. The van der Waals surface area contributed by atoms with E-state index >= 15 is 0 Å². The van der Waals surface area contributed by atoms with E-state index in [1.807, 2.05) is 0 Å². The maximum absolute atomic E-state index is 13.0. The zero-order valence-corrected chi connectivity index (χ0v) is 9.78. The molecule has 0 aliphatic carbocycles. The average Bonchev–Trinajstić information content (AvgIpc) is 2.32. The van der Waals surface area contributed by atoms with Crippen LogP contribution >= 0.6 is 11.6 Å². The number of aromatic nitrogens is 2. The number of carbonyl (C=O) groups excluding carboxylic acids is 1. The third-order valence-corrected chi connectivity index (χ3v) is 2.55. The predicted octanol–water partition coefficient (Wildman–Crippen LogP) is 1.62. The third-order valence-electron chi connectivity index (χ3n) is 2.26. The lowest BCUT2D eigenvalue weighted by atomic mass is 10.2. The summed E-state index contributed by atoms with van der Waals surface area (Å²) in [5.74, 6) is -1.05. The standard InChI is InChI=1S/C11H8ClFN4O/c12-7-3-5(1-2-8(7)13)11-16-4-6(10(15)18)9(14)17-11/h1-4H,(H2,15,18)(H2,14,16,17). The minimum Gasteiger partial charge on any atom is -0.383 e. The lowest BCUT2D eigenvalue weighted by Gasteiger charge is -2.04. The number of benzene rings is 1. The van der Waals surface area contributed by atoms with Crippen molar-refractivity contribution in [3.63, 3.8) is 0 Å². The first kappa shape index (κ1) is 12.3. The molecule has 1 aromatic heterocycles. The number of anilines is 1. The molecule has 0 fully saturated rings. The van der Waals surface area contributed by atoms with E-state index < -0.39 is 11.7 Å².